The van der Waals surface area contributed by atoms with Crippen LogP contribution in [-0.4, -0.2) is 9.97 Å². The van der Waals surface area contributed by atoms with Crippen molar-refractivity contribution in [1.82, 2.24) is 9.97 Å². The van der Waals surface area contributed by atoms with E-state index >= 15 is 0 Å². The minimum atomic E-state index is 0.490. The first kappa shape index (κ1) is 12.8. The summed E-state index contributed by atoms with van der Waals surface area (Å²) in [5.41, 5.74) is 3.32. The first-order chi connectivity index (χ1) is 9.10. The van der Waals surface area contributed by atoms with Crippen LogP contribution in [0.25, 0.3) is 0 Å². The Balaban J connectivity index is 2.36. The zero-order chi connectivity index (χ0) is 13.8. The van der Waals surface area contributed by atoms with Crippen molar-refractivity contribution in [2.24, 2.45) is 0 Å². The van der Waals surface area contributed by atoms with Gasteiger partial charge >= 0.3 is 0 Å². The molecule has 2 aromatic rings. The van der Waals surface area contributed by atoms with Crippen molar-refractivity contribution in [3.8, 4) is 6.19 Å². The highest BCUT2D eigenvalue weighted by Gasteiger charge is 2.06. The lowest BCUT2D eigenvalue weighted by Gasteiger charge is -2.12. The molecule has 0 amide bonds. The lowest BCUT2D eigenvalue weighted by atomic mass is 10.1. The highest BCUT2D eigenvalue weighted by atomic mass is 15.1. The zero-order valence-corrected chi connectivity index (χ0v) is 11.2. The molecule has 96 valence electrons. The summed E-state index contributed by atoms with van der Waals surface area (Å²) in [6, 6.07) is 7.81. The maximum atomic E-state index is 8.64. The Labute approximate surface area is 112 Å². The van der Waals surface area contributed by atoms with Gasteiger partial charge in [0.05, 0.1) is 0 Å². The highest BCUT2D eigenvalue weighted by Crippen LogP contribution is 2.24. The molecule has 2 N–H and O–H groups in total. The monoisotopic (exact) mass is 253 g/mol. The summed E-state index contributed by atoms with van der Waals surface area (Å²) in [5.74, 6) is 1.76. The van der Waals surface area contributed by atoms with Crippen molar-refractivity contribution in [3.05, 3.63) is 41.2 Å². The first-order valence-corrected chi connectivity index (χ1v) is 5.94. The van der Waals surface area contributed by atoms with Gasteiger partial charge in [0.1, 0.15) is 17.5 Å². The van der Waals surface area contributed by atoms with E-state index in [4.69, 9.17) is 5.26 Å². The molecule has 0 aliphatic carbocycles. The number of hydrogen-bond acceptors (Lipinski definition) is 5. The van der Waals surface area contributed by atoms with Crippen molar-refractivity contribution >= 4 is 17.3 Å². The molecule has 0 saturated carbocycles. The summed E-state index contributed by atoms with van der Waals surface area (Å²) in [4.78, 5) is 8.45. The van der Waals surface area contributed by atoms with Gasteiger partial charge in [-0.05, 0) is 31.9 Å². The van der Waals surface area contributed by atoms with Gasteiger partial charge in [-0.15, -0.1) is 0 Å². The van der Waals surface area contributed by atoms with Crippen molar-refractivity contribution in [2.75, 3.05) is 10.6 Å². The van der Waals surface area contributed by atoms with Crippen LogP contribution in [0.1, 0.15) is 17.0 Å². The van der Waals surface area contributed by atoms with E-state index in [9.17, 15) is 0 Å². The quantitative estimate of drug-likeness (QED) is 0.649. The Hall–Kier alpha value is -2.61. The molecule has 1 aromatic heterocycles. The summed E-state index contributed by atoms with van der Waals surface area (Å²) in [5, 5.41) is 14.4. The van der Waals surface area contributed by atoms with Crippen LogP contribution in [-0.2, 0) is 0 Å². The second kappa shape index (κ2) is 5.36. The van der Waals surface area contributed by atoms with E-state index in [1.807, 2.05) is 38.2 Å². The van der Waals surface area contributed by atoms with Gasteiger partial charge in [-0.2, -0.15) is 5.26 Å². The van der Waals surface area contributed by atoms with E-state index in [0.717, 1.165) is 16.8 Å². The van der Waals surface area contributed by atoms with Crippen LogP contribution in [0.2, 0.25) is 0 Å². The van der Waals surface area contributed by atoms with Crippen LogP contribution in [0.5, 0.6) is 0 Å². The third-order valence-corrected chi connectivity index (χ3v) is 2.76. The second-order valence-corrected chi connectivity index (χ2v) is 4.31. The molecule has 5 nitrogen and oxygen atoms in total. The fourth-order valence-corrected chi connectivity index (χ4v) is 1.89. The summed E-state index contributed by atoms with van der Waals surface area (Å²) in [6.45, 7) is 5.87. The van der Waals surface area contributed by atoms with Crippen LogP contribution in [0.3, 0.4) is 0 Å². The molecule has 1 aromatic carbocycles. The van der Waals surface area contributed by atoms with Gasteiger partial charge in [0.15, 0.2) is 6.19 Å². The fraction of sp³-hybridized carbons (Fsp3) is 0.214. The number of nitriles is 1. The Kier molecular flexibility index (Phi) is 3.62. The summed E-state index contributed by atoms with van der Waals surface area (Å²) in [6.07, 6.45) is 1.86. The van der Waals surface area contributed by atoms with Crippen LogP contribution < -0.4 is 10.6 Å². The molecule has 0 unspecified atom stereocenters. The molecular formula is C14H15N5. The SMILES string of the molecule is Cc1nc(NC#N)cc(Nc2c(C)cccc2C)n1. The normalized spacial score (nSPS) is 9.79. The summed E-state index contributed by atoms with van der Waals surface area (Å²) in [7, 11) is 0. The lowest BCUT2D eigenvalue weighted by molar-refractivity contribution is 1.06. The van der Waals surface area contributed by atoms with Crippen molar-refractivity contribution in [3.63, 3.8) is 0 Å². The number of nitrogens with one attached hydrogen (secondary N) is 2. The Morgan fingerprint density at radius 3 is 2.32 bits per heavy atom. The van der Waals surface area contributed by atoms with Gasteiger partial charge in [0.2, 0.25) is 0 Å². The minimum Gasteiger partial charge on any atom is -0.340 e. The van der Waals surface area contributed by atoms with Crippen molar-refractivity contribution in [1.29, 1.82) is 5.26 Å². The molecule has 0 saturated heterocycles. The predicted octanol–water partition coefficient (Wildman–Crippen LogP) is 3.04. The molecular weight excluding hydrogens is 238 g/mol. The van der Waals surface area contributed by atoms with Crippen LogP contribution >= 0.6 is 0 Å². The van der Waals surface area contributed by atoms with Gasteiger partial charge in [-0.3, -0.25) is 5.32 Å². The molecule has 0 radical (unpaired) electrons. The first-order valence-electron chi connectivity index (χ1n) is 5.94. The van der Waals surface area contributed by atoms with Gasteiger partial charge < -0.3 is 5.32 Å². The number of rotatable bonds is 3. The van der Waals surface area contributed by atoms with Crippen molar-refractivity contribution < 1.29 is 0 Å². The second-order valence-electron chi connectivity index (χ2n) is 4.31. The highest BCUT2D eigenvalue weighted by molar-refractivity contribution is 5.66. The van der Waals surface area contributed by atoms with Crippen molar-refractivity contribution in [2.45, 2.75) is 20.8 Å². The van der Waals surface area contributed by atoms with Gasteiger partial charge in [0, 0.05) is 11.8 Å². The standard InChI is InChI=1S/C14H15N5/c1-9-5-4-6-10(2)14(9)19-13-7-12(16-8-15)17-11(3)18-13/h4-7H,1-3H3,(H2,16,17,18,19). The third kappa shape index (κ3) is 2.99. The minimum absolute atomic E-state index is 0.490. The van der Waals surface area contributed by atoms with E-state index in [-0.39, 0.29) is 0 Å². The molecule has 0 aliphatic heterocycles. The van der Waals surface area contributed by atoms with Gasteiger partial charge in [-0.1, -0.05) is 18.2 Å². The van der Waals surface area contributed by atoms with Gasteiger partial charge in [0.25, 0.3) is 0 Å². The molecule has 0 atom stereocenters. The number of aromatic nitrogens is 2. The maximum Gasteiger partial charge on any atom is 0.182 e. The Bertz CT molecular complexity index is 623. The lowest BCUT2D eigenvalue weighted by Crippen LogP contribution is -2.02. The van der Waals surface area contributed by atoms with E-state index in [2.05, 4.69) is 20.6 Å². The van der Waals surface area contributed by atoms with Crippen LogP contribution in [0.15, 0.2) is 24.3 Å². The number of para-hydroxylation sites is 1. The van der Waals surface area contributed by atoms with E-state index in [1.165, 1.54) is 0 Å². The number of nitrogens with zero attached hydrogens (tertiary/aromatic N) is 3. The molecule has 1 heterocycles. The third-order valence-electron chi connectivity index (χ3n) is 2.76. The van der Waals surface area contributed by atoms with Crippen LogP contribution in [0.4, 0.5) is 17.3 Å². The smallest absolute Gasteiger partial charge is 0.182 e. The van der Waals surface area contributed by atoms with E-state index < -0.39 is 0 Å². The average Bonchev–Trinajstić information content (AvgIpc) is 2.34. The largest absolute Gasteiger partial charge is 0.340 e. The topological polar surface area (TPSA) is 73.6 Å². The molecule has 2 rings (SSSR count). The average molecular weight is 253 g/mol. The molecule has 0 aliphatic rings. The number of aryl methyl sites for hydroxylation is 3. The molecule has 19 heavy (non-hydrogen) atoms. The molecule has 0 spiro atoms. The molecule has 0 fully saturated rings. The number of hydrogen-bond donors (Lipinski definition) is 2. The molecule has 5 heteroatoms. The Morgan fingerprint density at radius 1 is 1.05 bits per heavy atom. The Morgan fingerprint density at radius 2 is 1.68 bits per heavy atom. The predicted molar refractivity (Wildman–Crippen MR) is 75.2 cm³/mol. The van der Waals surface area contributed by atoms with E-state index in [0.29, 0.717) is 17.5 Å². The van der Waals surface area contributed by atoms with E-state index in [1.54, 1.807) is 13.0 Å². The molecule has 0 bridgehead atoms. The number of anilines is 3. The van der Waals surface area contributed by atoms with Crippen LogP contribution in [0, 0.1) is 32.2 Å². The number of benzene rings is 1. The summed E-state index contributed by atoms with van der Waals surface area (Å²) >= 11 is 0. The van der Waals surface area contributed by atoms with Gasteiger partial charge in [-0.25, -0.2) is 9.97 Å². The zero-order valence-electron chi connectivity index (χ0n) is 11.2. The summed E-state index contributed by atoms with van der Waals surface area (Å²) < 4.78 is 0. The maximum absolute atomic E-state index is 8.64. The fourth-order valence-electron chi connectivity index (χ4n) is 1.89.